The predicted octanol–water partition coefficient (Wildman–Crippen LogP) is 2.02. The van der Waals surface area contributed by atoms with Gasteiger partial charge in [-0.05, 0) is 32.0 Å². The van der Waals surface area contributed by atoms with Crippen molar-refractivity contribution in [3.8, 4) is 6.07 Å². The first-order valence-electron chi connectivity index (χ1n) is 6.65. The fraction of sp³-hybridized carbons (Fsp3) is 0.188. The number of hydrogen-bond donors (Lipinski definition) is 2. The van der Waals surface area contributed by atoms with Crippen LogP contribution in [0.25, 0.3) is 0 Å². The van der Waals surface area contributed by atoms with E-state index < -0.39 is 11.8 Å². The second kappa shape index (κ2) is 6.59. The summed E-state index contributed by atoms with van der Waals surface area (Å²) in [4.78, 5) is 23.6. The normalized spacial score (nSPS) is 9.86. The molecule has 1 aromatic heterocycles. The van der Waals surface area contributed by atoms with Crippen molar-refractivity contribution in [3.63, 3.8) is 0 Å². The Morgan fingerprint density at radius 3 is 2.59 bits per heavy atom. The van der Waals surface area contributed by atoms with E-state index >= 15 is 0 Å². The van der Waals surface area contributed by atoms with E-state index in [1.165, 1.54) is 0 Å². The molecule has 0 aliphatic heterocycles. The summed E-state index contributed by atoms with van der Waals surface area (Å²) >= 11 is 0. The Morgan fingerprint density at radius 1 is 1.23 bits per heavy atom. The SMILES string of the molecule is Cc1cc(CNC(=O)C(=O)Nc2ccccc2C#N)c(C)o1. The van der Waals surface area contributed by atoms with E-state index in [4.69, 9.17) is 9.68 Å². The van der Waals surface area contributed by atoms with Crippen molar-refractivity contribution in [3.05, 3.63) is 53.0 Å². The molecule has 0 radical (unpaired) electrons. The number of carbonyl (C=O) groups excluding carboxylic acids is 2. The van der Waals surface area contributed by atoms with Gasteiger partial charge in [0.1, 0.15) is 17.6 Å². The molecule has 0 aliphatic rings. The van der Waals surface area contributed by atoms with Crippen LogP contribution < -0.4 is 10.6 Å². The number of para-hydroxylation sites is 1. The molecule has 0 fully saturated rings. The van der Waals surface area contributed by atoms with Gasteiger partial charge in [0.2, 0.25) is 0 Å². The van der Waals surface area contributed by atoms with Crippen LogP contribution >= 0.6 is 0 Å². The number of anilines is 1. The molecular formula is C16H15N3O3. The van der Waals surface area contributed by atoms with Crippen molar-refractivity contribution >= 4 is 17.5 Å². The predicted molar refractivity (Wildman–Crippen MR) is 79.8 cm³/mol. The summed E-state index contributed by atoms with van der Waals surface area (Å²) in [7, 11) is 0. The van der Waals surface area contributed by atoms with Crippen LogP contribution in [0, 0.1) is 25.2 Å². The molecule has 112 valence electrons. The zero-order valence-electron chi connectivity index (χ0n) is 12.3. The fourth-order valence-electron chi connectivity index (χ4n) is 1.98. The van der Waals surface area contributed by atoms with Crippen molar-refractivity contribution in [1.82, 2.24) is 5.32 Å². The van der Waals surface area contributed by atoms with Crippen LogP contribution in [-0.4, -0.2) is 11.8 Å². The average molecular weight is 297 g/mol. The van der Waals surface area contributed by atoms with Gasteiger partial charge in [-0.25, -0.2) is 0 Å². The maximum Gasteiger partial charge on any atom is 0.313 e. The van der Waals surface area contributed by atoms with E-state index in [9.17, 15) is 9.59 Å². The lowest BCUT2D eigenvalue weighted by Crippen LogP contribution is -2.35. The van der Waals surface area contributed by atoms with E-state index in [0.29, 0.717) is 17.0 Å². The van der Waals surface area contributed by atoms with E-state index in [1.807, 2.05) is 13.0 Å². The standard InChI is InChI=1S/C16H15N3O3/c1-10-7-13(11(2)22-10)9-18-15(20)16(21)19-14-6-4-3-5-12(14)8-17/h3-7H,9H2,1-2H3,(H,18,20)(H,19,21). The highest BCUT2D eigenvalue weighted by Gasteiger charge is 2.16. The molecule has 2 N–H and O–H groups in total. The minimum atomic E-state index is -0.819. The number of nitriles is 1. The molecular weight excluding hydrogens is 282 g/mol. The number of furan rings is 1. The Hall–Kier alpha value is -3.07. The zero-order valence-corrected chi connectivity index (χ0v) is 12.3. The Morgan fingerprint density at radius 2 is 1.95 bits per heavy atom. The molecule has 2 rings (SSSR count). The number of nitrogens with zero attached hydrogens (tertiary/aromatic N) is 1. The second-order valence-corrected chi connectivity index (χ2v) is 4.73. The zero-order chi connectivity index (χ0) is 16.1. The first kappa shape index (κ1) is 15.3. The quantitative estimate of drug-likeness (QED) is 0.847. The lowest BCUT2D eigenvalue weighted by molar-refractivity contribution is -0.136. The van der Waals surface area contributed by atoms with Crippen molar-refractivity contribution in [2.75, 3.05) is 5.32 Å². The van der Waals surface area contributed by atoms with Gasteiger partial charge < -0.3 is 15.1 Å². The van der Waals surface area contributed by atoms with Crippen molar-refractivity contribution in [1.29, 1.82) is 5.26 Å². The van der Waals surface area contributed by atoms with Gasteiger partial charge in [-0.3, -0.25) is 9.59 Å². The average Bonchev–Trinajstić information content (AvgIpc) is 2.83. The summed E-state index contributed by atoms with van der Waals surface area (Å²) in [5.41, 5.74) is 1.42. The van der Waals surface area contributed by atoms with Gasteiger partial charge in [0.05, 0.1) is 11.3 Å². The molecule has 2 amide bonds. The summed E-state index contributed by atoms with van der Waals surface area (Å²) < 4.78 is 5.35. The highest BCUT2D eigenvalue weighted by molar-refractivity contribution is 6.39. The van der Waals surface area contributed by atoms with Gasteiger partial charge in [-0.2, -0.15) is 5.26 Å². The van der Waals surface area contributed by atoms with Crippen molar-refractivity contribution in [2.45, 2.75) is 20.4 Å². The number of aryl methyl sites for hydroxylation is 2. The van der Waals surface area contributed by atoms with E-state index in [-0.39, 0.29) is 6.54 Å². The van der Waals surface area contributed by atoms with Gasteiger partial charge in [0, 0.05) is 12.1 Å². The number of amides is 2. The summed E-state index contributed by atoms with van der Waals surface area (Å²) in [6.07, 6.45) is 0. The van der Waals surface area contributed by atoms with Crippen LogP contribution in [0.4, 0.5) is 5.69 Å². The molecule has 0 aliphatic carbocycles. The molecule has 2 aromatic rings. The number of rotatable bonds is 3. The van der Waals surface area contributed by atoms with Gasteiger partial charge in [-0.1, -0.05) is 12.1 Å². The summed E-state index contributed by atoms with van der Waals surface area (Å²) in [6.45, 7) is 3.80. The maximum atomic E-state index is 11.8. The van der Waals surface area contributed by atoms with Crippen molar-refractivity contribution < 1.29 is 14.0 Å². The number of benzene rings is 1. The number of hydrogen-bond acceptors (Lipinski definition) is 4. The van der Waals surface area contributed by atoms with Crippen LogP contribution in [0.2, 0.25) is 0 Å². The highest BCUT2D eigenvalue weighted by Crippen LogP contribution is 2.14. The molecule has 1 heterocycles. The first-order valence-corrected chi connectivity index (χ1v) is 6.65. The van der Waals surface area contributed by atoms with E-state index in [1.54, 1.807) is 37.3 Å². The molecule has 0 unspecified atom stereocenters. The van der Waals surface area contributed by atoms with E-state index in [0.717, 1.165) is 11.3 Å². The Labute approximate surface area is 127 Å². The van der Waals surface area contributed by atoms with Crippen LogP contribution in [0.5, 0.6) is 0 Å². The fourth-order valence-corrected chi connectivity index (χ4v) is 1.98. The number of carbonyl (C=O) groups is 2. The highest BCUT2D eigenvalue weighted by atomic mass is 16.3. The summed E-state index contributed by atoms with van der Waals surface area (Å²) in [6, 6.07) is 10.2. The van der Waals surface area contributed by atoms with Crippen LogP contribution in [0.15, 0.2) is 34.7 Å². The smallest absolute Gasteiger partial charge is 0.313 e. The lowest BCUT2D eigenvalue weighted by atomic mass is 10.2. The second-order valence-electron chi connectivity index (χ2n) is 4.73. The Kier molecular flexibility index (Phi) is 4.59. The molecule has 22 heavy (non-hydrogen) atoms. The monoisotopic (exact) mass is 297 g/mol. The lowest BCUT2D eigenvalue weighted by Gasteiger charge is -2.07. The van der Waals surface area contributed by atoms with Crippen LogP contribution in [-0.2, 0) is 16.1 Å². The molecule has 0 spiro atoms. The molecule has 6 nitrogen and oxygen atoms in total. The van der Waals surface area contributed by atoms with Gasteiger partial charge in [-0.15, -0.1) is 0 Å². The van der Waals surface area contributed by atoms with Gasteiger partial charge >= 0.3 is 11.8 Å². The molecule has 0 bridgehead atoms. The summed E-state index contributed by atoms with van der Waals surface area (Å²) in [5, 5.41) is 13.9. The molecule has 0 saturated carbocycles. The third-order valence-electron chi connectivity index (χ3n) is 3.09. The van der Waals surface area contributed by atoms with Gasteiger partial charge in [0.15, 0.2) is 0 Å². The molecule has 0 atom stereocenters. The minimum Gasteiger partial charge on any atom is -0.466 e. The van der Waals surface area contributed by atoms with Gasteiger partial charge in [0.25, 0.3) is 0 Å². The minimum absolute atomic E-state index is 0.204. The van der Waals surface area contributed by atoms with Crippen molar-refractivity contribution in [2.24, 2.45) is 0 Å². The summed E-state index contributed by atoms with van der Waals surface area (Å²) in [5.74, 6) is -0.145. The van der Waals surface area contributed by atoms with Crippen LogP contribution in [0.3, 0.4) is 0 Å². The number of nitrogens with one attached hydrogen (secondary N) is 2. The van der Waals surface area contributed by atoms with E-state index in [2.05, 4.69) is 10.6 Å². The Bertz CT molecular complexity index is 756. The molecule has 0 saturated heterocycles. The molecule has 6 heteroatoms. The maximum absolute atomic E-state index is 11.8. The third-order valence-corrected chi connectivity index (χ3v) is 3.09. The van der Waals surface area contributed by atoms with Crippen LogP contribution in [0.1, 0.15) is 22.6 Å². The largest absolute Gasteiger partial charge is 0.466 e. The Balaban J connectivity index is 1.97. The topological polar surface area (TPSA) is 95.1 Å². The third kappa shape index (κ3) is 3.52. The first-order chi connectivity index (χ1) is 10.5. The molecule has 1 aromatic carbocycles.